The van der Waals surface area contributed by atoms with Crippen LogP contribution in [-0.2, 0) is 6.42 Å². The van der Waals surface area contributed by atoms with Gasteiger partial charge in [0.1, 0.15) is 11.5 Å². The number of aryl methyl sites for hydroxylation is 2. The van der Waals surface area contributed by atoms with Gasteiger partial charge in [-0.05, 0) is 42.7 Å². The van der Waals surface area contributed by atoms with E-state index in [1.165, 1.54) is 11.1 Å². The molecule has 0 aliphatic carbocycles. The molecule has 2 nitrogen and oxygen atoms in total. The van der Waals surface area contributed by atoms with Crippen molar-refractivity contribution >= 4 is 5.69 Å². The van der Waals surface area contributed by atoms with E-state index in [1.807, 2.05) is 49.4 Å². The second kappa shape index (κ2) is 5.58. The Labute approximate surface area is 108 Å². The van der Waals surface area contributed by atoms with Crippen LogP contribution in [-0.4, -0.2) is 0 Å². The van der Waals surface area contributed by atoms with Crippen molar-refractivity contribution in [1.82, 2.24) is 0 Å². The maximum absolute atomic E-state index is 6.01. The highest BCUT2D eigenvalue weighted by Crippen LogP contribution is 2.26. The molecule has 0 radical (unpaired) electrons. The monoisotopic (exact) mass is 241 g/mol. The smallest absolute Gasteiger partial charge is 0.129 e. The van der Waals surface area contributed by atoms with E-state index in [9.17, 15) is 0 Å². The molecule has 18 heavy (non-hydrogen) atoms. The molecule has 0 saturated heterocycles. The van der Waals surface area contributed by atoms with Crippen molar-refractivity contribution in [2.24, 2.45) is 0 Å². The number of nitrogens with two attached hydrogens (primary N) is 1. The van der Waals surface area contributed by atoms with E-state index < -0.39 is 0 Å². The molecule has 0 heterocycles. The normalized spacial score (nSPS) is 10.3. The van der Waals surface area contributed by atoms with Gasteiger partial charge in [-0.25, -0.2) is 0 Å². The number of ether oxygens (including phenoxy) is 1. The highest BCUT2D eigenvalue weighted by molar-refractivity contribution is 5.52. The lowest BCUT2D eigenvalue weighted by atomic mass is 10.1. The van der Waals surface area contributed by atoms with Gasteiger partial charge in [0.25, 0.3) is 0 Å². The lowest BCUT2D eigenvalue weighted by Gasteiger charge is -2.09. The first-order chi connectivity index (χ1) is 8.69. The summed E-state index contributed by atoms with van der Waals surface area (Å²) >= 11 is 0. The van der Waals surface area contributed by atoms with Crippen LogP contribution in [0.1, 0.15) is 24.5 Å². The number of anilines is 1. The largest absolute Gasteiger partial charge is 0.457 e. The molecule has 2 N–H and O–H groups in total. The van der Waals surface area contributed by atoms with Crippen LogP contribution in [0.5, 0.6) is 11.5 Å². The Morgan fingerprint density at radius 2 is 1.83 bits per heavy atom. The second-order valence-corrected chi connectivity index (χ2v) is 4.53. The second-order valence-electron chi connectivity index (χ2n) is 4.53. The fraction of sp³-hybridized carbons (Fsp3) is 0.250. The molecule has 0 bridgehead atoms. The fourth-order valence-electron chi connectivity index (χ4n) is 1.95. The lowest BCUT2D eigenvalue weighted by Crippen LogP contribution is -1.95. The molecule has 0 unspecified atom stereocenters. The lowest BCUT2D eigenvalue weighted by molar-refractivity contribution is 0.482. The number of hydrogen-bond donors (Lipinski definition) is 1. The average molecular weight is 241 g/mol. The van der Waals surface area contributed by atoms with Gasteiger partial charge in [0.15, 0.2) is 0 Å². The van der Waals surface area contributed by atoms with Crippen molar-refractivity contribution in [3.05, 3.63) is 53.6 Å². The van der Waals surface area contributed by atoms with E-state index in [-0.39, 0.29) is 0 Å². The zero-order valence-corrected chi connectivity index (χ0v) is 10.9. The van der Waals surface area contributed by atoms with Gasteiger partial charge in [-0.15, -0.1) is 0 Å². The van der Waals surface area contributed by atoms with Crippen LogP contribution in [0.15, 0.2) is 42.5 Å². The van der Waals surface area contributed by atoms with Crippen LogP contribution in [0.3, 0.4) is 0 Å². The molecule has 0 aromatic heterocycles. The third kappa shape index (κ3) is 3.04. The van der Waals surface area contributed by atoms with Gasteiger partial charge >= 0.3 is 0 Å². The van der Waals surface area contributed by atoms with Gasteiger partial charge in [-0.3, -0.25) is 0 Å². The summed E-state index contributed by atoms with van der Waals surface area (Å²) in [4.78, 5) is 0. The van der Waals surface area contributed by atoms with E-state index in [0.29, 0.717) is 0 Å². The van der Waals surface area contributed by atoms with Gasteiger partial charge in [0.2, 0.25) is 0 Å². The van der Waals surface area contributed by atoms with Gasteiger partial charge < -0.3 is 10.5 Å². The van der Waals surface area contributed by atoms with Crippen LogP contribution in [0.4, 0.5) is 5.69 Å². The van der Waals surface area contributed by atoms with Crippen molar-refractivity contribution in [3.8, 4) is 11.5 Å². The molecular formula is C16H19NO. The molecule has 0 spiro atoms. The Balaban J connectivity index is 2.17. The quantitative estimate of drug-likeness (QED) is 0.809. The van der Waals surface area contributed by atoms with E-state index in [2.05, 4.69) is 6.92 Å². The highest BCUT2D eigenvalue weighted by atomic mass is 16.5. The summed E-state index contributed by atoms with van der Waals surface area (Å²) in [6.45, 7) is 4.20. The first kappa shape index (κ1) is 12.5. The molecule has 0 saturated carbocycles. The minimum atomic E-state index is 0.790. The van der Waals surface area contributed by atoms with Crippen molar-refractivity contribution < 1.29 is 4.74 Å². The molecule has 2 heteroatoms. The molecular weight excluding hydrogens is 222 g/mol. The Hall–Kier alpha value is -1.96. The average Bonchev–Trinajstić information content (AvgIpc) is 2.33. The number of nitrogen functional groups attached to an aromatic ring is 1. The summed E-state index contributed by atoms with van der Waals surface area (Å²) in [5, 5.41) is 0. The maximum atomic E-state index is 6.01. The number of benzene rings is 2. The van der Waals surface area contributed by atoms with Gasteiger partial charge in [0, 0.05) is 11.8 Å². The minimum absolute atomic E-state index is 0.790. The molecule has 2 aromatic rings. The molecule has 0 fully saturated rings. The first-order valence-corrected chi connectivity index (χ1v) is 6.32. The van der Waals surface area contributed by atoms with Crippen LogP contribution < -0.4 is 10.5 Å². The van der Waals surface area contributed by atoms with E-state index in [1.54, 1.807) is 0 Å². The highest BCUT2D eigenvalue weighted by Gasteiger charge is 2.02. The molecule has 94 valence electrons. The minimum Gasteiger partial charge on any atom is -0.457 e. The van der Waals surface area contributed by atoms with E-state index in [4.69, 9.17) is 10.5 Å². The van der Waals surface area contributed by atoms with E-state index in [0.717, 1.165) is 30.0 Å². The van der Waals surface area contributed by atoms with Crippen LogP contribution in [0, 0.1) is 6.92 Å². The summed E-state index contributed by atoms with van der Waals surface area (Å²) in [5.74, 6) is 1.63. The van der Waals surface area contributed by atoms with Crippen molar-refractivity contribution in [1.29, 1.82) is 0 Å². The standard InChI is InChI=1S/C16H19NO/c1-3-5-13-8-9-15(11-16(13)17)18-14-7-4-6-12(2)10-14/h4,6-11H,3,5,17H2,1-2H3. The Morgan fingerprint density at radius 3 is 2.50 bits per heavy atom. The van der Waals surface area contributed by atoms with Gasteiger partial charge in [-0.1, -0.05) is 31.5 Å². The van der Waals surface area contributed by atoms with Crippen molar-refractivity contribution in [2.45, 2.75) is 26.7 Å². The van der Waals surface area contributed by atoms with Crippen molar-refractivity contribution in [3.63, 3.8) is 0 Å². The zero-order valence-electron chi connectivity index (χ0n) is 10.9. The number of rotatable bonds is 4. The summed E-state index contributed by atoms with van der Waals surface area (Å²) in [6.07, 6.45) is 2.11. The van der Waals surface area contributed by atoms with Crippen LogP contribution in [0.25, 0.3) is 0 Å². The molecule has 2 aromatic carbocycles. The summed E-state index contributed by atoms with van der Waals surface area (Å²) in [5.41, 5.74) is 9.19. The summed E-state index contributed by atoms with van der Waals surface area (Å²) < 4.78 is 5.79. The van der Waals surface area contributed by atoms with Crippen molar-refractivity contribution in [2.75, 3.05) is 5.73 Å². The van der Waals surface area contributed by atoms with E-state index >= 15 is 0 Å². The van der Waals surface area contributed by atoms with Gasteiger partial charge in [-0.2, -0.15) is 0 Å². The van der Waals surface area contributed by atoms with Crippen LogP contribution >= 0.6 is 0 Å². The third-order valence-corrected chi connectivity index (χ3v) is 2.86. The number of hydrogen-bond acceptors (Lipinski definition) is 2. The predicted molar refractivity (Wildman–Crippen MR) is 76.1 cm³/mol. The third-order valence-electron chi connectivity index (χ3n) is 2.86. The summed E-state index contributed by atoms with van der Waals surface area (Å²) in [7, 11) is 0. The fourth-order valence-corrected chi connectivity index (χ4v) is 1.95. The Bertz CT molecular complexity index is 534. The SMILES string of the molecule is CCCc1ccc(Oc2cccc(C)c2)cc1N. The maximum Gasteiger partial charge on any atom is 0.129 e. The summed E-state index contributed by atoms with van der Waals surface area (Å²) in [6, 6.07) is 13.9. The molecule has 0 amide bonds. The van der Waals surface area contributed by atoms with Gasteiger partial charge in [0.05, 0.1) is 0 Å². The first-order valence-electron chi connectivity index (χ1n) is 6.32. The molecule has 2 rings (SSSR count). The predicted octanol–water partition coefficient (Wildman–Crippen LogP) is 4.32. The zero-order chi connectivity index (χ0) is 13.0. The molecule has 0 aliphatic rings. The molecule has 0 aliphatic heterocycles. The molecule has 0 atom stereocenters. The van der Waals surface area contributed by atoms with Crippen LogP contribution in [0.2, 0.25) is 0 Å². The Kier molecular flexibility index (Phi) is 3.88. The Morgan fingerprint density at radius 1 is 1.06 bits per heavy atom. The topological polar surface area (TPSA) is 35.2 Å².